The molecule has 0 fully saturated rings. The lowest BCUT2D eigenvalue weighted by Crippen LogP contribution is -2.24. The normalized spacial score (nSPS) is 16.5. The molecule has 1 aliphatic carbocycles. The second-order valence-corrected chi connectivity index (χ2v) is 7.29. The molecule has 0 amide bonds. The first-order valence-corrected chi connectivity index (χ1v) is 9.08. The number of thiophene rings is 1. The summed E-state index contributed by atoms with van der Waals surface area (Å²) in [6.45, 7) is 2.18. The number of benzene rings is 1. The van der Waals surface area contributed by atoms with E-state index in [0.29, 0.717) is 47.0 Å². The van der Waals surface area contributed by atoms with Gasteiger partial charge in [0.25, 0.3) is 0 Å². The average Bonchev–Trinajstić information content (AvgIpc) is 2.89. The lowest BCUT2D eigenvalue weighted by Gasteiger charge is -2.21. The van der Waals surface area contributed by atoms with Crippen LogP contribution in [0, 0.1) is 5.92 Å². The van der Waals surface area contributed by atoms with Crippen LogP contribution in [0.25, 0.3) is 0 Å². The molecule has 0 saturated heterocycles. The first-order valence-electron chi connectivity index (χ1n) is 7.88. The maximum absolute atomic E-state index is 12.9. The minimum absolute atomic E-state index is 0.148. The maximum atomic E-state index is 12.9. The predicted molar refractivity (Wildman–Crippen MR) is 95.8 cm³/mol. The smallest absolute Gasteiger partial charge is 0.309 e. The molecule has 6 heteroatoms. The van der Waals surface area contributed by atoms with Crippen LogP contribution in [-0.2, 0) is 22.4 Å². The van der Waals surface area contributed by atoms with E-state index < -0.39 is 0 Å². The molecule has 4 nitrogen and oxygen atoms in total. The zero-order chi connectivity index (χ0) is 17.3. The first-order chi connectivity index (χ1) is 11.5. The highest BCUT2D eigenvalue weighted by atomic mass is 35.5. The number of carbonyl (C=O) groups excluding carboxylic acids is 2. The molecule has 1 aromatic heterocycles. The summed E-state index contributed by atoms with van der Waals surface area (Å²) in [5, 5.41) is 0.913. The average molecular weight is 364 g/mol. The molecule has 1 aromatic carbocycles. The Bertz CT molecular complexity index is 800. The van der Waals surface area contributed by atoms with Gasteiger partial charge in [0.2, 0.25) is 0 Å². The number of carbonyl (C=O) groups is 2. The summed E-state index contributed by atoms with van der Waals surface area (Å²) in [5.74, 6) is -0.474. The van der Waals surface area contributed by atoms with E-state index in [4.69, 9.17) is 22.1 Å². The molecule has 2 aromatic rings. The number of nitrogens with two attached hydrogens (primary N) is 1. The second-order valence-electron chi connectivity index (χ2n) is 5.74. The molecule has 24 heavy (non-hydrogen) atoms. The zero-order valence-electron chi connectivity index (χ0n) is 13.3. The lowest BCUT2D eigenvalue weighted by atomic mass is 9.85. The van der Waals surface area contributed by atoms with Gasteiger partial charge in [-0.15, -0.1) is 11.3 Å². The zero-order valence-corrected chi connectivity index (χ0v) is 14.9. The SMILES string of the molecule is CCOC(=O)C1CCc2c(sc(N)c2C(=O)c2ccccc2Cl)C1. The van der Waals surface area contributed by atoms with E-state index in [0.717, 1.165) is 10.4 Å². The van der Waals surface area contributed by atoms with Crippen LogP contribution in [-0.4, -0.2) is 18.4 Å². The van der Waals surface area contributed by atoms with Gasteiger partial charge >= 0.3 is 5.97 Å². The van der Waals surface area contributed by atoms with E-state index in [1.54, 1.807) is 31.2 Å². The number of halogens is 1. The highest BCUT2D eigenvalue weighted by molar-refractivity contribution is 7.16. The Morgan fingerprint density at radius 2 is 2.12 bits per heavy atom. The van der Waals surface area contributed by atoms with Crippen molar-refractivity contribution in [1.82, 2.24) is 0 Å². The van der Waals surface area contributed by atoms with Crippen molar-refractivity contribution >= 4 is 39.7 Å². The summed E-state index contributed by atoms with van der Waals surface area (Å²) < 4.78 is 5.12. The summed E-state index contributed by atoms with van der Waals surface area (Å²) in [6, 6.07) is 6.97. The van der Waals surface area contributed by atoms with Gasteiger partial charge in [-0.05, 0) is 43.9 Å². The number of nitrogen functional groups attached to an aromatic ring is 1. The van der Waals surface area contributed by atoms with Crippen LogP contribution in [0.3, 0.4) is 0 Å². The number of ketones is 1. The maximum Gasteiger partial charge on any atom is 0.309 e. The van der Waals surface area contributed by atoms with Crippen LogP contribution < -0.4 is 5.73 Å². The van der Waals surface area contributed by atoms with Gasteiger partial charge in [0.15, 0.2) is 5.78 Å². The van der Waals surface area contributed by atoms with E-state index in [2.05, 4.69) is 0 Å². The Morgan fingerprint density at radius 1 is 1.38 bits per heavy atom. The summed E-state index contributed by atoms with van der Waals surface area (Å²) in [4.78, 5) is 25.9. The highest BCUT2D eigenvalue weighted by Crippen LogP contribution is 2.40. The van der Waals surface area contributed by atoms with Crippen molar-refractivity contribution in [2.75, 3.05) is 12.3 Å². The van der Waals surface area contributed by atoms with Crippen LogP contribution in [0.4, 0.5) is 5.00 Å². The minimum Gasteiger partial charge on any atom is -0.466 e. The van der Waals surface area contributed by atoms with Gasteiger partial charge in [-0.2, -0.15) is 0 Å². The molecular formula is C18H18ClNO3S. The van der Waals surface area contributed by atoms with Crippen molar-refractivity contribution in [3.63, 3.8) is 0 Å². The van der Waals surface area contributed by atoms with Crippen molar-refractivity contribution in [2.45, 2.75) is 26.2 Å². The van der Waals surface area contributed by atoms with Crippen molar-refractivity contribution in [2.24, 2.45) is 5.92 Å². The Balaban J connectivity index is 1.92. The van der Waals surface area contributed by atoms with Gasteiger partial charge in [-0.25, -0.2) is 0 Å². The van der Waals surface area contributed by atoms with E-state index >= 15 is 0 Å². The lowest BCUT2D eigenvalue weighted by molar-refractivity contribution is -0.148. The number of anilines is 1. The topological polar surface area (TPSA) is 69.4 Å². The monoisotopic (exact) mass is 363 g/mol. The van der Waals surface area contributed by atoms with Crippen LogP contribution in [0.5, 0.6) is 0 Å². The second kappa shape index (κ2) is 6.95. The fraction of sp³-hybridized carbons (Fsp3) is 0.333. The highest BCUT2D eigenvalue weighted by Gasteiger charge is 2.32. The molecule has 0 radical (unpaired) electrons. The summed E-state index contributed by atoms with van der Waals surface area (Å²) >= 11 is 7.54. The first kappa shape index (κ1) is 17.0. The molecule has 1 unspecified atom stereocenters. The molecule has 126 valence electrons. The van der Waals surface area contributed by atoms with Gasteiger partial charge in [0.05, 0.1) is 28.1 Å². The Kier molecular flexibility index (Phi) is 4.92. The number of esters is 1. The van der Waals surface area contributed by atoms with Gasteiger partial charge in [-0.3, -0.25) is 9.59 Å². The van der Waals surface area contributed by atoms with Crippen molar-refractivity contribution in [3.8, 4) is 0 Å². The molecule has 0 saturated carbocycles. The van der Waals surface area contributed by atoms with Gasteiger partial charge < -0.3 is 10.5 Å². The Hall–Kier alpha value is -1.85. The van der Waals surface area contributed by atoms with Gasteiger partial charge in [0, 0.05) is 10.4 Å². The van der Waals surface area contributed by atoms with Crippen LogP contribution in [0.15, 0.2) is 24.3 Å². The number of hydrogen-bond acceptors (Lipinski definition) is 5. The predicted octanol–water partition coefficient (Wildman–Crippen LogP) is 3.88. The van der Waals surface area contributed by atoms with Crippen molar-refractivity contribution in [1.29, 1.82) is 0 Å². The van der Waals surface area contributed by atoms with Gasteiger partial charge in [-0.1, -0.05) is 23.7 Å². The molecule has 0 bridgehead atoms. The number of rotatable bonds is 4. The Labute approximate surface area is 149 Å². The van der Waals surface area contributed by atoms with E-state index in [9.17, 15) is 9.59 Å². The van der Waals surface area contributed by atoms with Crippen molar-refractivity contribution < 1.29 is 14.3 Å². The molecule has 1 heterocycles. The molecule has 3 rings (SSSR count). The number of fused-ring (bicyclic) bond motifs is 1. The standard InChI is InChI=1S/C18H18ClNO3S/c1-2-23-18(22)10-7-8-12-14(9-10)24-17(20)15(12)16(21)11-5-3-4-6-13(11)19/h3-6,10H,2,7-9,20H2,1H3. The van der Waals surface area contributed by atoms with Gasteiger partial charge in [0.1, 0.15) is 0 Å². The summed E-state index contributed by atoms with van der Waals surface area (Å²) in [5.41, 5.74) is 8.09. The van der Waals surface area contributed by atoms with E-state index in [1.807, 2.05) is 0 Å². The molecule has 1 aliphatic rings. The molecular weight excluding hydrogens is 346 g/mol. The van der Waals surface area contributed by atoms with Crippen LogP contribution >= 0.6 is 22.9 Å². The molecule has 1 atom stereocenters. The molecule has 0 aliphatic heterocycles. The third-order valence-corrected chi connectivity index (χ3v) is 5.67. The number of ether oxygens (including phenoxy) is 1. The molecule has 2 N–H and O–H groups in total. The minimum atomic E-state index is -0.172. The largest absolute Gasteiger partial charge is 0.466 e. The van der Waals surface area contributed by atoms with E-state index in [1.165, 1.54) is 11.3 Å². The molecule has 0 spiro atoms. The fourth-order valence-corrected chi connectivity index (χ4v) is 4.51. The fourth-order valence-electron chi connectivity index (χ4n) is 3.10. The third kappa shape index (κ3) is 3.06. The Morgan fingerprint density at radius 3 is 2.83 bits per heavy atom. The summed E-state index contributed by atoms with van der Waals surface area (Å²) in [7, 11) is 0. The quantitative estimate of drug-likeness (QED) is 0.661. The summed E-state index contributed by atoms with van der Waals surface area (Å²) in [6.07, 6.45) is 1.90. The van der Waals surface area contributed by atoms with Crippen molar-refractivity contribution in [3.05, 3.63) is 50.9 Å². The van der Waals surface area contributed by atoms with E-state index in [-0.39, 0.29) is 17.7 Å². The van der Waals surface area contributed by atoms with Crippen LogP contribution in [0.2, 0.25) is 5.02 Å². The number of hydrogen-bond donors (Lipinski definition) is 1. The van der Waals surface area contributed by atoms with Crippen LogP contribution in [0.1, 0.15) is 39.7 Å². The third-order valence-electron chi connectivity index (χ3n) is 4.26.